The molecule has 1 unspecified atom stereocenters. The number of hydrogen-bond donors (Lipinski definition) is 1. The Hall–Kier alpha value is -2.27. The first-order valence-electron chi connectivity index (χ1n) is 8.10. The summed E-state index contributed by atoms with van der Waals surface area (Å²) in [5.74, 6) is -2.20. The third-order valence-electron chi connectivity index (χ3n) is 3.68. The van der Waals surface area contributed by atoms with E-state index in [9.17, 15) is 27.7 Å². The predicted molar refractivity (Wildman–Crippen MR) is 92.3 cm³/mol. The summed E-state index contributed by atoms with van der Waals surface area (Å²) in [5, 5.41) is 13.8. The van der Waals surface area contributed by atoms with E-state index in [-0.39, 0.29) is 18.7 Å². The lowest BCUT2D eigenvalue weighted by molar-refractivity contribution is -0.904. The van der Waals surface area contributed by atoms with Gasteiger partial charge in [-0.25, -0.2) is 4.68 Å². The van der Waals surface area contributed by atoms with Crippen molar-refractivity contribution in [3.63, 3.8) is 0 Å². The first-order chi connectivity index (χ1) is 12.6. The van der Waals surface area contributed by atoms with Crippen LogP contribution in [-0.4, -0.2) is 49.7 Å². The molecule has 0 radical (unpaired) electrons. The Kier molecular flexibility index (Phi) is 6.71. The van der Waals surface area contributed by atoms with Gasteiger partial charge in [0.05, 0.1) is 24.0 Å². The fraction of sp³-hybridized carbons (Fsp3) is 0.438. The Morgan fingerprint density at radius 2 is 2.19 bits per heavy atom. The van der Waals surface area contributed by atoms with Crippen LogP contribution < -0.4 is 9.63 Å². The maximum Gasteiger partial charge on any atom is 0.433 e. The van der Waals surface area contributed by atoms with Gasteiger partial charge in [-0.05, 0) is 31.1 Å². The number of amides is 1. The number of nitrogens with zero attached hydrogens (tertiary/aromatic N) is 4. The number of carbonyl (C=O) groups is 1. The van der Waals surface area contributed by atoms with Crippen molar-refractivity contribution >= 4 is 22.8 Å². The van der Waals surface area contributed by atoms with E-state index in [1.54, 1.807) is 32.2 Å². The molecule has 2 heterocycles. The van der Waals surface area contributed by atoms with Gasteiger partial charge in [0.2, 0.25) is 24.1 Å². The van der Waals surface area contributed by atoms with Crippen LogP contribution in [-0.2, 0) is 16.0 Å². The van der Waals surface area contributed by atoms with Crippen molar-refractivity contribution in [3.8, 4) is 5.69 Å². The average Bonchev–Trinajstić information content (AvgIpc) is 2.94. The van der Waals surface area contributed by atoms with E-state index in [0.29, 0.717) is 17.1 Å². The molecule has 27 heavy (non-hydrogen) atoms. The minimum Gasteiger partial charge on any atom is -0.616 e. The zero-order valence-electron chi connectivity index (χ0n) is 14.8. The summed E-state index contributed by atoms with van der Waals surface area (Å²) in [6.45, 7) is 3.71. The summed E-state index contributed by atoms with van der Waals surface area (Å²) >= 11 is -2.14. The number of halogens is 3. The first kappa shape index (κ1) is 21.0. The van der Waals surface area contributed by atoms with Gasteiger partial charge in [0.1, 0.15) is 11.4 Å². The highest BCUT2D eigenvalue weighted by atomic mass is 32.2. The van der Waals surface area contributed by atoms with E-state index in [1.165, 1.54) is 22.0 Å². The van der Waals surface area contributed by atoms with Crippen LogP contribution >= 0.6 is 0 Å². The molecule has 0 aliphatic carbocycles. The van der Waals surface area contributed by atoms with Crippen LogP contribution in [0.25, 0.3) is 5.69 Å². The second-order valence-corrected chi connectivity index (χ2v) is 7.35. The van der Waals surface area contributed by atoms with Gasteiger partial charge in [0.25, 0.3) is 0 Å². The molecular weight excluding hydrogens is 385 g/mol. The monoisotopic (exact) mass is 405 g/mol. The third-order valence-corrected chi connectivity index (χ3v) is 4.99. The predicted octanol–water partition coefficient (Wildman–Crippen LogP) is 1.76. The van der Waals surface area contributed by atoms with E-state index in [2.05, 4.69) is 5.10 Å². The number of carbonyl (C=O) groups excluding carboxylic acids is 1. The van der Waals surface area contributed by atoms with E-state index in [0.717, 1.165) is 4.73 Å². The van der Waals surface area contributed by atoms with Crippen LogP contribution in [0.1, 0.15) is 19.0 Å². The molecule has 2 aromatic rings. The molecule has 1 amide bonds. The number of anilines is 1. The molecule has 0 aliphatic heterocycles. The smallest absolute Gasteiger partial charge is 0.433 e. The van der Waals surface area contributed by atoms with Crippen molar-refractivity contribution < 1.29 is 32.5 Å². The lowest BCUT2D eigenvalue weighted by Crippen LogP contribution is -2.33. The highest BCUT2D eigenvalue weighted by Gasteiger charge is 2.34. The molecule has 0 aromatic carbocycles. The standard InChI is InChI=1S/C16H20F3N4O3S/c1-3-22(15(24)6-8-27(26)11-16(17,18)19)14-10-23(20-12(14)2)13-5-4-7-21(25)9-13/h4-5,7,9-10,25H,3,6,8,11H2,1-2H3/q+1. The number of rotatable bonds is 7. The summed E-state index contributed by atoms with van der Waals surface area (Å²) in [6, 6.07) is 3.33. The van der Waals surface area contributed by atoms with Crippen LogP contribution in [0, 0.1) is 6.92 Å². The molecule has 7 nitrogen and oxygen atoms in total. The van der Waals surface area contributed by atoms with Crippen LogP contribution in [0.15, 0.2) is 30.7 Å². The largest absolute Gasteiger partial charge is 0.616 e. The lowest BCUT2D eigenvalue weighted by Gasteiger charge is -2.20. The first-order valence-corrected chi connectivity index (χ1v) is 9.59. The molecule has 0 bridgehead atoms. The maximum absolute atomic E-state index is 12.4. The number of alkyl halides is 3. The molecule has 1 atom stereocenters. The Morgan fingerprint density at radius 3 is 2.78 bits per heavy atom. The molecule has 0 spiro atoms. The van der Waals surface area contributed by atoms with Gasteiger partial charge in [-0.2, -0.15) is 18.3 Å². The third kappa shape index (κ3) is 5.86. The minimum atomic E-state index is -4.52. The Morgan fingerprint density at radius 1 is 1.48 bits per heavy atom. The second kappa shape index (κ2) is 8.61. The minimum absolute atomic E-state index is 0.261. The van der Waals surface area contributed by atoms with Crippen molar-refractivity contribution in [3.05, 3.63) is 36.4 Å². The number of pyridine rings is 1. The van der Waals surface area contributed by atoms with Gasteiger partial charge in [-0.1, -0.05) is 0 Å². The van der Waals surface area contributed by atoms with Crippen molar-refractivity contribution in [1.82, 2.24) is 9.78 Å². The Bertz CT molecular complexity index is 797. The summed E-state index contributed by atoms with van der Waals surface area (Å²) < 4.78 is 50.6. The highest BCUT2D eigenvalue weighted by molar-refractivity contribution is 7.91. The highest BCUT2D eigenvalue weighted by Crippen LogP contribution is 2.22. The topological polar surface area (TPSA) is 85.3 Å². The fourth-order valence-electron chi connectivity index (χ4n) is 2.51. The van der Waals surface area contributed by atoms with Gasteiger partial charge in [-0.15, -0.1) is 0 Å². The van der Waals surface area contributed by atoms with Crippen LogP contribution in [0.4, 0.5) is 18.9 Å². The van der Waals surface area contributed by atoms with Crippen molar-refractivity contribution in [2.45, 2.75) is 26.4 Å². The number of hydrogen-bond acceptors (Lipinski definition) is 4. The summed E-state index contributed by atoms with van der Waals surface area (Å²) in [4.78, 5) is 13.8. The Labute approximate surface area is 157 Å². The summed E-state index contributed by atoms with van der Waals surface area (Å²) in [6.07, 6.45) is -0.324. The SMILES string of the molecule is CCN(C(=O)CC[S+]([O-])CC(F)(F)F)c1cn(-c2ccc[n+](O)c2)nc1C. The van der Waals surface area contributed by atoms with Crippen molar-refractivity contribution in [1.29, 1.82) is 0 Å². The molecular formula is C16H20F3N4O3S+. The van der Waals surface area contributed by atoms with Crippen LogP contribution in [0.5, 0.6) is 0 Å². The van der Waals surface area contributed by atoms with Crippen LogP contribution in [0.2, 0.25) is 0 Å². The summed E-state index contributed by atoms with van der Waals surface area (Å²) in [7, 11) is 0. The molecule has 2 aromatic heterocycles. The zero-order chi connectivity index (χ0) is 20.2. The van der Waals surface area contributed by atoms with Crippen molar-refractivity contribution in [2.75, 3.05) is 23.0 Å². The lowest BCUT2D eigenvalue weighted by atomic mass is 10.3. The van der Waals surface area contributed by atoms with Crippen LogP contribution in [0.3, 0.4) is 0 Å². The average molecular weight is 405 g/mol. The molecule has 0 saturated heterocycles. The molecule has 0 fully saturated rings. The number of aromatic nitrogens is 3. The molecule has 0 aliphatic rings. The molecule has 1 N–H and O–H groups in total. The normalized spacial score (nSPS) is 12.8. The zero-order valence-corrected chi connectivity index (χ0v) is 15.6. The molecule has 0 saturated carbocycles. The van der Waals surface area contributed by atoms with E-state index in [4.69, 9.17) is 0 Å². The van der Waals surface area contributed by atoms with Gasteiger partial charge >= 0.3 is 6.18 Å². The van der Waals surface area contributed by atoms with Crippen molar-refractivity contribution in [2.24, 2.45) is 0 Å². The van der Waals surface area contributed by atoms with Gasteiger partial charge in [0.15, 0.2) is 0 Å². The number of aryl methyl sites for hydroxylation is 1. The van der Waals surface area contributed by atoms with E-state index in [1.807, 2.05) is 0 Å². The fourth-order valence-corrected chi connectivity index (χ4v) is 3.42. The molecule has 2 rings (SSSR count). The van der Waals surface area contributed by atoms with Gasteiger partial charge < -0.3 is 9.45 Å². The summed E-state index contributed by atoms with van der Waals surface area (Å²) in [5.41, 5.74) is 1.59. The van der Waals surface area contributed by atoms with Gasteiger partial charge in [-0.3, -0.25) is 10.0 Å². The van der Waals surface area contributed by atoms with E-state index >= 15 is 0 Å². The van der Waals surface area contributed by atoms with E-state index < -0.39 is 29.0 Å². The quantitative estimate of drug-likeness (QED) is 0.432. The maximum atomic E-state index is 12.4. The second-order valence-electron chi connectivity index (χ2n) is 5.78. The Balaban J connectivity index is 2.11. The van der Waals surface area contributed by atoms with Gasteiger partial charge in [0, 0.05) is 17.3 Å². The molecule has 11 heteroatoms. The molecule has 148 valence electrons.